The number of rotatable bonds is 7. The number of hydrogen-bond acceptors (Lipinski definition) is 5. The van der Waals surface area contributed by atoms with Gasteiger partial charge in [0.25, 0.3) is 0 Å². The van der Waals surface area contributed by atoms with Gasteiger partial charge in [0.05, 0.1) is 6.61 Å². The van der Waals surface area contributed by atoms with E-state index in [2.05, 4.69) is 59.6 Å². The van der Waals surface area contributed by atoms with Crippen LogP contribution in [0.1, 0.15) is 37.8 Å². The Hall–Kier alpha value is -3.08. The minimum absolute atomic E-state index is 0.427. The molecule has 0 unspecified atom stereocenters. The van der Waals surface area contributed by atoms with Crippen molar-refractivity contribution in [3.05, 3.63) is 65.9 Å². The van der Waals surface area contributed by atoms with Gasteiger partial charge in [0.2, 0.25) is 5.95 Å². The van der Waals surface area contributed by atoms with E-state index >= 15 is 0 Å². The Morgan fingerprint density at radius 1 is 1.00 bits per heavy atom. The molecule has 5 heteroatoms. The maximum atomic E-state index is 5.47. The van der Waals surface area contributed by atoms with E-state index in [1.807, 2.05) is 37.3 Å². The molecule has 3 aromatic rings. The highest BCUT2D eigenvalue weighted by Crippen LogP contribution is 2.30. The van der Waals surface area contributed by atoms with Gasteiger partial charge < -0.3 is 15.4 Å². The molecule has 0 saturated carbocycles. The van der Waals surface area contributed by atoms with Crippen molar-refractivity contribution in [3.63, 3.8) is 0 Å². The summed E-state index contributed by atoms with van der Waals surface area (Å²) in [5.74, 6) is 2.58. The summed E-state index contributed by atoms with van der Waals surface area (Å²) in [6, 6.07) is 16.0. The third kappa shape index (κ3) is 4.76. The molecular formula is C22H26N4O. The van der Waals surface area contributed by atoms with E-state index < -0.39 is 0 Å². The van der Waals surface area contributed by atoms with E-state index in [1.165, 1.54) is 11.1 Å². The molecule has 1 aromatic heterocycles. The molecule has 3 rings (SSSR count). The smallest absolute Gasteiger partial charge is 0.229 e. The lowest BCUT2D eigenvalue weighted by Crippen LogP contribution is -2.04. The Balaban J connectivity index is 1.78. The quantitative estimate of drug-likeness (QED) is 0.557. The summed E-state index contributed by atoms with van der Waals surface area (Å²) in [4.78, 5) is 8.92. The van der Waals surface area contributed by atoms with Crippen molar-refractivity contribution in [3.8, 4) is 5.75 Å². The van der Waals surface area contributed by atoms with Crippen molar-refractivity contribution in [2.24, 2.45) is 0 Å². The standard InChI is InChI=1S/C22H26N4O/c1-5-27-18-11-9-17(10-12-18)24-22-23-14-13-20(26-22)25-21-16(4)7-6-8-19(21)15(2)3/h6-15H,5H2,1-4H3,(H2,23,24,25,26). The number of aryl methyl sites for hydroxylation is 1. The fraction of sp³-hybridized carbons (Fsp3) is 0.273. The summed E-state index contributed by atoms with van der Waals surface area (Å²) in [6.45, 7) is 9.12. The molecule has 0 bridgehead atoms. The second-order valence-corrected chi connectivity index (χ2v) is 6.67. The maximum absolute atomic E-state index is 5.47. The topological polar surface area (TPSA) is 59.1 Å². The van der Waals surface area contributed by atoms with E-state index in [4.69, 9.17) is 4.74 Å². The second-order valence-electron chi connectivity index (χ2n) is 6.67. The highest BCUT2D eigenvalue weighted by Gasteiger charge is 2.10. The lowest BCUT2D eigenvalue weighted by atomic mass is 9.98. The molecule has 0 atom stereocenters. The molecule has 140 valence electrons. The molecule has 0 aliphatic carbocycles. The van der Waals surface area contributed by atoms with E-state index in [0.717, 1.165) is 22.9 Å². The normalized spacial score (nSPS) is 10.7. The van der Waals surface area contributed by atoms with Gasteiger partial charge in [0.1, 0.15) is 11.6 Å². The Kier molecular flexibility index (Phi) is 5.91. The molecular weight excluding hydrogens is 336 g/mol. The monoisotopic (exact) mass is 362 g/mol. The summed E-state index contributed by atoms with van der Waals surface area (Å²) in [7, 11) is 0. The summed E-state index contributed by atoms with van der Waals surface area (Å²) >= 11 is 0. The van der Waals surface area contributed by atoms with Crippen LogP contribution >= 0.6 is 0 Å². The summed E-state index contributed by atoms with van der Waals surface area (Å²) < 4.78 is 5.47. The summed E-state index contributed by atoms with van der Waals surface area (Å²) in [5.41, 5.74) is 4.49. The lowest BCUT2D eigenvalue weighted by molar-refractivity contribution is 0.340. The number of nitrogens with one attached hydrogen (secondary N) is 2. The molecule has 0 radical (unpaired) electrons. The predicted molar refractivity (Wildman–Crippen MR) is 111 cm³/mol. The molecule has 0 amide bonds. The molecule has 0 saturated heterocycles. The van der Waals surface area contributed by atoms with Crippen molar-refractivity contribution in [1.29, 1.82) is 0 Å². The number of para-hydroxylation sites is 1. The third-order valence-electron chi connectivity index (χ3n) is 4.26. The van der Waals surface area contributed by atoms with Gasteiger partial charge >= 0.3 is 0 Å². The van der Waals surface area contributed by atoms with Crippen LogP contribution in [0.4, 0.5) is 23.1 Å². The fourth-order valence-electron chi connectivity index (χ4n) is 2.89. The van der Waals surface area contributed by atoms with Gasteiger partial charge in [0, 0.05) is 17.6 Å². The Bertz CT molecular complexity index is 891. The molecule has 2 N–H and O–H groups in total. The van der Waals surface area contributed by atoms with Gasteiger partial charge in [-0.25, -0.2) is 4.98 Å². The largest absolute Gasteiger partial charge is 0.494 e. The molecule has 27 heavy (non-hydrogen) atoms. The Labute approximate surface area is 160 Å². The molecule has 0 aliphatic rings. The van der Waals surface area contributed by atoms with Crippen LogP contribution in [0.5, 0.6) is 5.75 Å². The van der Waals surface area contributed by atoms with Crippen molar-refractivity contribution >= 4 is 23.1 Å². The van der Waals surface area contributed by atoms with Crippen LogP contribution in [0.15, 0.2) is 54.7 Å². The van der Waals surface area contributed by atoms with E-state index in [0.29, 0.717) is 18.5 Å². The van der Waals surface area contributed by atoms with Crippen LogP contribution < -0.4 is 15.4 Å². The van der Waals surface area contributed by atoms with E-state index in [1.54, 1.807) is 6.20 Å². The molecule has 0 aliphatic heterocycles. The summed E-state index contributed by atoms with van der Waals surface area (Å²) in [5, 5.41) is 6.70. The minimum atomic E-state index is 0.427. The third-order valence-corrected chi connectivity index (χ3v) is 4.26. The van der Waals surface area contributed by atoms with E-state index in [-0.39, 0.29) is 0 Å². The van der Waals surface area contributed by atoms with Gasteiger partial charge in [0.15, 0.2) is 0 Å². The molecule has 0 fully saturated rings. The summed E-state index contributed by atoms with van der Waals surface area (Å²) in [6.07, 6.45) is 1.75. The highest BCUT2D eigenvalue weighted by molar-refractivity contribution is 5.66. The zero-order valence-electron chi connectivity index (χ0n) is 16.3. The van der Waals surface area contributed by atoms with Crippen molar-refractivity contribution in [2.45, 2.75) is 33.6 Å². The second kappa shape index (κ2) is 8.54. The fourth-order valence-corrected chi connectivity index (χ4v) is 2.89. The van der Waals surface area contributed by atoms with E-state index in [9.17, 15) is 0 Å². The average molecular weight is 362 g/mol. The number of ether oxygens (including phenoxy) is 1. The zero-order chi connectivity index (χ0) is 19.2. The molecule has 2 aromatic carbocycles. The minimum Gasteiger partial charge on any atom is -0.494 e. The first kappa shape index (κ1) is 18.7. The number of hydrogen-bond donors (Lipinski definition) is 2. The van der Waals surface area contributed by atoms with Gasteiger partial charge in [-0.05, 0) is 61.2 Å². The number of nitrogens with zero attached hydrogens (tertiary/aromatic N) is 2. The first-order chi connectivity index (χ1) is 13.1. The average Bonchev–Trinajstić information content (AvgIpc) is 2.65. The Morgan fingerprint density at radius 2 is 1.78 bits per heavy atom. The number of anilines is 4. The van der Waals surface area contributed by atoms with Crippen molar-refractivity contribution in [1.82, 2.24) is 9.97 Å². The predicted octanol–water partition coefficient (Wildman–Crippen LogP) is 5.79. The molecule has 5 nitrogen and oxygen atoms in total. The number of aromatic nitrogens is 2. The van der Waals surface area contributed by atoms with Gasteiger partial charge in [-0.3, -0.25) is 0 Å². The van der Waals surface area contributed by atoms with Crippen LogP contribution in [0.25, 0.3) is 0 Å². The van der Waals surface area contributed by atoms with Crippen molar-refractivity contribution in [2.75, 3.05) is 17.2 Å². The van der Waals surface area contributed by atoms with Crippen molar-refractivity contribution < 1.29 is 4.74 Å². The highest BCUT2D eigenvalue weighted by atomic mass is 16.5. The number of benzene rings is 2. The van der Waals surface area contributed by atoms with Crippen LogP contribution in [0.2, 0.25) is 0 Å². The first-order valence-electron chi connectivity index (χ1n) is 9.26. The van der Waals surface area contributed by atoms with Crippen LogP contribution in [0, 0.1) is 6.92 Å². The van der Waals surface area contributed by atoms with Gasteiger partial charge in [-0.2, -0.15) is 4.98 Å². The lowest BCUT2D eigenvalue weighted by Gasteiger charge is -2.17. The Morgan fingerprint density at radius 3 is 2.48 bits per heavy atom. The molecule has 0 spiro atoms. The van der Waals surface area contributed by atoms with Gasteiger partial charge in [-0.1, -0.05) is 32.0 Å². The SMILES string of the molecule is CCOc1ccc(Nc2nccc(Nc3c(C)cccc3C(C)C)n2)cc1. The van der Waals surface area contributed by atoms with Crippen LogP contribution in [-0.2, 0) is 0 Å². The maximum Gasteiger partial charge on any atom is 0.229 e. The zero-order valence-corrected chi connectivity index (χ0v) is 16.3. The van der Waals surface area contributed by atoms with Gasteiger partial charge in [-0.15, -0.1) is 0 Å². The van der Waals surface area contributed by atoms with Crippen LogP contribution in [0.3, 0.4) is 0 Å². The molecule has 1 heterocycles. The van der Waals surface area contributed by atoms with Crippen LogP contribution in [-0.4, -0.2) is 16.6 Å². The first-order valence-corrected chi connectivity index (χ1v) is 9.26.